The van der Waals surface area contributed by atoms with E-state index in [0.717, 1.165) is 43.9 Å². The predicted molar refractivity (Wildman–Crippen MR) is 88.1 cm³/mol. The summed E-state index contributed by atoms with van der Waals surface area (Å²) in [5.41, 5.74) is 0. The van der Waals surface area contributed by atoms with Crippen LogP contribution in [0.15, 0.2) is 23.8 Å². The van der Waals surface area contributed by atoms with Crippen molar-refractivity contribution in [3.63, 3.8) is 0 Å². The Bertz CT molecular complexity index is 535. The fraction of sp³-hybridized carbons (Fsp3) is 0.562. The topological polar surface area (TPSA) is 39.1 Å². The summed E-state index contributed by atoms with van der Waals surface area (Å²) in [6.45, 7) is 6.41. The normalized spacial score (nSPS) is 12.5. The number of ether oxygens (including phenoxy) is 1. The first-order chi connectivity index (χ1) is 10.3. The number of aromatic nitrogens is 2. The summed E-state index contributed by atoms with van der Waals surface area (Å²) >= 11 is 1.75. The minimum atomic E-state index is 0.262. The molecule has 2 heterocycles. The van der Waals surface area contributed by atoms with Gasteiger partial charge in [0, 0.05) is 25.4 Å². The fourth-order valence-corrected chi connectivity index (χ4v) is 3.40. The van der Waals surface area contributed by atoms with Crippen LogP contribution in [0.4, 0.5) is 0 Å². The number of aryl methyl sites for hydroxylation is 1. The van der Waals surface area contributed by atoms with Crippen molar-refractivity contribution >= 4 is 11.3 Å². The zero-order valence-corrected chi connectivity index (χ0v) is 13.9. The van der Waals surface area contributed by atoms with Crippen LogP contribution < -0.4 is 10.1 Å². The van der Waals surface area contributed by atoms with E-state index in [1.54, 1.807) is 18.4 Å². The highest BCUT2D eigenvalue weighted by atomic mass is 32.1. The highest BCUT2D eigenvalue weighted by Crippen LogP contribution is 2.32. The highest BCUT2D eigenvalue weighted by Gasteiger charge is 2.19. The number of hydrogen-bond donors (Lipinski definition) is 1. The Balaban J connectivity index is 2.18. The van der Waals surface area contributed by atoms with Crippen molar-refractivity contribution in [3.05, 3.63) is 34.5 Å². The van der Waals surface area contributed by atoms with Crippen LogP contribution in [0, 0.1) is 0 Å². The largest absolute Gasteiger partial charge is 0.496 e. The zero-order valence-electron chi connectivity index (χ0n) is 13.1. The lowest BCUT2D eigenvalue weighted by Gasteiger charge is -2.19. The third-order valence-electron chi connectivity index (χ3n) is 3.49. The molecule has 5 heteroatoms. The van der Waals surface area contributed by atoms with Crippen molar-refractivity contribution in [3.8, 4) is 5.75 Å². The van der Waals surface area contributed by atoms with Crippen LogP contribution in [-0.2, 0) is 13.0 Å². The van der Waals surface area contributed by atoms with Gasteiger partial charge in [0.05, 0.1) is 18.0 Å². The number of rotatable bonds is 9. The quantitative estimate of drug-likeness (QED) is 0.768. The standard InChI is InChI=1S/C16H25N3OS/c1-4-7-17-13(16-14(20-3)6-11-21-16)12-15-18-8-10-19(15)9-5-2/h6,8,10-11,13,17H,4-5,7,9,12H2,1-3H3. The molecule has 2 aromatic heterocycles. The van der Waals surface area contributed by atoms with Gasteiger partial charge in [-0.05, 0) is 30.8 Å². The molecule has 21 heavy (non-hydrogen) atoms. The first-order valence-corrected chi connectivity index (χ1v) is 8.52. The Morgan fingerprint density at radius 3 is 2.95 bits per heavy atom. The van der Waals surface area contributed by atoms with Gasteiger partial charge in [0.2, 0.25) is 0 Å². The van der Waals surface area contributed by atoms with Gasteiger partial charge in [-0.1, -0.05) is 13.8 Å². The van der Waals surface area contributed by atoms with E-state index in [0.29, 0.717) is 0 Å². The van der Waals surface area contributed by atoms with E-state index in [1.807, 2.05) is 12.3 Å². The molecule has 0 aliphatic rings. The van der Waals surface area contributed by atoms with Gasteiger partial charge in [-0.2, -0.15) is 0 Å². The molecule has 0 amide bonds. The van der Waals surface area contributed by atoms with Gasteiger partial charge in [-0.25, -0.2) is 4.98 Å². The maximum atomic E-state index is 5.49. The molecule has 2 rings (SSSR count). The minimum Gasteiger partial charge on any atom is -0.496 e. The van der Waals surface area contributed by atoms with Gasteiger partial charge in [-0.3, -0.25) is 0 Å². The van der Waals surface area contributed by atoms with Crippen LogP contribution in [0.3, 0.4) is 0 Å². The molecule has 2 aromatic rings. The van der Waals surface area contributed by atoms with Crippen LogP contribution in [0.2, 0.25) is 0 Å². The lowest BCUT2D eigenvalue weighted by atomic mass is 10.1. The number of thiophene rings is 1. The van der Waals surface area contributed by atoms with Crippen molar-refractivity contribution in [2.75, 3.05) is 13.7 Å². The molecule has 0 saturated heterocycles. The van der Waals surface area contributed by atoms with Crippen molar-refractivity contribution < 1.29 is 4.74 Å². The number of nitrogens with one attached hydrogen (secondary N) is 1. The summed E-state index contributed by atoms with van der Waals surface area (Å²) in [6.07, 6.45) is 7.10. The average molecular weight is 307 g/mol. The smallest absolute Gasteiger partial charge is 0.134 e. The van der Waals surface area contributed by atoms with Gasteiger partial charge in [0.25, 0.3) is 0 Å². The minimum absolute atomic E-state index is 0.262. The number of nitrogens with zero attached hydrogens (tertiary/aromatic N) is 2. The lowest BCUT2D eigenvalue weighted by Crippen LogP contribution is -2.25. The maximum absolute atomic E-state index is 5.49. The second kappa shape index (κ2) is 8.20. The van der Waals surface area contributed by atoms with Gasteiger partial charge in [0.1, 0.15) is 11.6 Å². The summed E-state index contributed by atoms with van der Waals surface area (Å²) in [5.74, 6) is 2.11. The van der Waals surface area contributed by atoms with E-state index >= 15 is 0 Å². The molecule has 0 aromatic carbocycles. The molecule has 0 radical (unpaired) electrons. The van der Waals surface area contributed by atoms with E-state index in [4.69, 9.17) is 4.74 Å². The van der Waals surface area contributed by atoms with E-state index in [2.05, 4.69) is 40.3 Å². The summed E-state index contributed by atoms with van der Waals surface area (Å²) in [6, 6.07) is 2.30. The summed E-state index contributed by atoms with van der Waals surface area (Å²) in [7, 11) is 1.74. The summed E-state index contributed by atoms with van der Waals surface area (Å²) < 4.78 is 7.74. The molecule has 0 aliphatic carbocycles. The molecular formula is C16H25N3OS. The third-order valence-corrected chi connectivity index (χ3v) is 4.50. The first kappa shape index (κ1) is 16.0. The molecule has 0 saturated carbocycles. The lowest BCUT2D eigenvalue weighted by molar-refractivity contribution is 0.401. The molecule has 116 valence electrons. The van der Waals surface area contributed by atoms with Crippen LogP contribution in [-0.4, -0.2) is 23.2 Å². The molecule has 0 spiro atoms. The predicted octanol–water partition coefficient (Wildman–Crippen LogP) is 3.65. The van der Waals surface area contributed by atoms with E-state index < -0.39 is 0 Å². The van der Waals surface area contributed by atoms with Crippen LogP contribution in [0.5, 0.6) is 5.75 Å². The molecule has 0 bridgehead atoms. The Hall–Kier alpha value is -1.33. The molecule has 1 unspecified atom stereocenters. The number of hydrogen-bond acceptors (Lipinski definition) is 4. The van der Waals surface area contributed by atoms with Gasteiger partial charge < -0.3 is 14.6 Å². The van der Waals surface area contributed by atoms with Crippen LogP contribution in [0.1, 0.15) is 43.4 Å². The van der Waals surface area contributed by atoms with E-state index in [-0.39, 0.29) is 6.04 Å². The Morgan fingerprint density at radius 2 is 2.24 bits per heavy atom. The fourth-order valence-electron chi connectivity index (χ4n) is 2.47. The average Bonchev–Trinajstić information content (AvgIpc) is 3.13. The molecule has 0 aliphatic heterocycles. The maximum Gasteiger partial charge on any atom is 0.134 e. The van der Waals surface area contributed by atoms with Crippen LogP contribution in [0.25, 0.3) is 0 Å². The van der Waals surface area contributed by atoms with Crippen molar-refractivity contribution in [2.24, 2.45) is 0 Å². The molecule has 0 fully saturated rings. The van der Waals surface area contributed by atoms with Gasteiger partial charge in [-0.15, -0.1) is 11.3 Å². The molecule has 4 nitrogen and oxygen atoms in total. The Kier molecular flexibility index (Phi) is 6.26. The SMILES string of the molecule is CCCNC(Cc1nccn1CCC)c1sccc1OC. The van der Waals surface area contributed by atoms with Crippen molar-refractivity contribution in [1.29, 1.82) is 0 Å². The second-order valence-corrected chi connectivity index (χ2v) is 6.05. The first-order valence-electron chi connectivity index (χ1n) is 7.64. The van der Waals surface area contributed by atoms with Crippen LogP contribution >= 0.6 is 11.3 Å². The zero-order chi connectivity index (χ0) is 15.1. The molecular weight excluding hydrogens is 282 g/mol. The number of methoxy groups -OCH3 is 1. The third kappa shape index (κ3) is 4.08. The van der Waals surface area contributed by atoms with Gasteiger partial charge >= 0.3 is 0 Å². The van der Waals surface area contributed by atoms with Crippen molar-refractivity contribution in [2.45, 2.75) is 45.7 Å². The highest BCUT2D eigenvalue weighted by molar-refractivity contribution is 7.10. The van der Waals surface area contributed by atoms with Crippen molar-refractivity contribution in [1.82, 2.24) is 14.9 Å². The Morgan fingerprint density at radius 1 is 1.38 bits per heavy atom. The van der Waals surface area contributed by atoms with E-state index in [1.165, 1.54) is 4.88 Å². The summed E-state index contributed by atoms with van der Waals surface area (Å²) in [5, 5.41) is 5.72. The van der Waals surface area contributed by atoms with Gasteiger partial charge in [0.15, 0.2) is 0 Å². The monoisotopic (exact) mass is 307 g/mol. The molecule has 1 N–H and O–H groups in total. The van der Waals surface area contributed by atoms with E-state index in [9.17, 15) is 0 Å². The molecule has 1 atom stereocenters. The second-order valence-electron chi connectivity index (χ2n) is 5.10. The summed E-state index contributed by atoms with van der Waals surface area (Å²) in [4.78, 5) is 5.80. The number of imidazole rings is 1. The Labute approximate surface area is 131 Å².